The van der Waals surface area contributed by atoms with Crippen molar-refractivity contribution in [1.29, 1.82) is 5.41 Å². The van der Waals surface area contributed by atoms with Crippen molar-refractivity contribution in [3.8, 4) is 0 Å². The van der Waals surface area contributed by atoms with Crippen LogP contribution in [-0.4, -0.2) is 35.3 Å². The summed E-state index contributed by atoms with van der Waals surface area (Å²) >= 11 is 0. The fourth-order valence-electron chi connectivity index (χ4n) is 3.59. The number of aliphatic carboxylic acids is 1. The molecule has 1 aliphatic rings. The molecule has 5 N–H and O–H groups in total. The number of rotatable bonds is 8. The monoisotopic (exact) mass is 412 g/mol. The standard InChI is InChI=1S/C21H24N4O5/c22-20(23)13-3-5-16(6-4-13)25-8-1-2-14(21(25)29)10-18(26)24-17(11-19(27)28)15-7-9-30-12-15/h3-7,9,12,14,17H,1-2,8,10-11H2,(H3,22,23)(H,24,26)(H,27,28)/t14?,17-/m0/s1. The number of furan rings is 1. The van der Waals surface area contributed by atoms with Gasteiger partial charge in [0.05, 0.1) is 25.0 Å². The third-order valence-electron chi connectivity index (χ3n) is 5.13. The van der Waals surface area contributed by atoms with E-state index in [0.717, 1.165) is 6.42 Å². The average Bonchev–Trinajstić information content (AvgIpc) is 3.24. The number of amidine groups is 1. The van der Waals surface area contributed by atoms with E-state index >= 15 is 0 Å². The molecule has 1 aromatic carbocycles. The van der Waals surface area contributed by atoms with Crippen molar-refractivity contribution in [1.82, 2.24) is 5.32 Å². The maximum absolute atomic E-state index is 12.9. The third-order valence-corrected chi connectivity index (χ3v) is 5.13. The quantitative estimate of drug-likeness (QED) is 0.385. The first-order valence-electron chi connectivity index (χ1n) is 9.64. The van der Waals surface area contributed by atoms with E-state index in [4.69, 9.17) is 20.7 Å². The Morgan fingerprint density at radius 3 is 2.63 bits per heavy atom. The van der Waals surface area contributed by atoms with Gasteiger partial charge in [-0.05, 0) is 43.2 Å². The topological polar surface area (TPSA) is 150 Å². The van der Waals surface area contributed by atoms with Crippen LogP contribution in [0.25, 0.3) is 0 Å². The summed E-state index contributed by atoms with van der Waals surface area (Å²) in [6, 6.07) is 7.72. The molecular weight excluding hydrogens is 388 g/mol. The molecule has 0 aliphatic carbocycles. The van der Waals surface area contributed by atoms with Gasteiger partial charge in [-0.3, -0.25) is 19.8 Å². The molecule has 1 fully saturated rings. The maximum atomic E-state index is 12.9. The number of carboxylic acid groups (broad SMARTS) is 1. The number of hydrogen-bond donors (Lipinski definition) is 4. The van der Waals surface area contributed by atoms with Crippen LogP contribution >= 0.6 is 0 Å². The minimum atomic E-state index is -1.05. The highest BCUT2D eigenvalue weighted by molar-refractivity contribution is 5.99. The van der Waals surface area contributed by atoms with Crippen molar-refractivity contribution in [2.24, 2.45) is 11.7 Å². The predicted molar refractivity (Wildman–Crippen MR) is 109 cm³/mol. The van der Waals surface area contributed by atoms with Gasteiger partial charge in [0, 0.05) is 35.7 Å². The van der Waals surface area contributed by atoms with Crippen LogP contribution in [0.2, 0.25) is 0 Å². The van der Waals surface area contributed by atoms with Gasteiger partial charge in [-0.25, -0.2) is 0 Å². The van der Waals surface area contributed by atoms with Crippen LogP contribution in [0.4, 0.5) is 5.69 Å². The summed E-state index contributed by atoms with van der Waals surface area (Å²) in [4.78, 5) is 38.3. The second-order valence-corrected chi connectivity index (χ2v) is 7.27. The zero-order valence-electron chi connectivity index (χ0n) is 16.3. The molecule has 2 amide bonds. The van der Waals surface area contributed by atoms with Crippen LogP contribution < -0.4 is 16.0 Å². The second kappa shape index (κ2) is 9.25. The summed E-state index contributed by atoms with van der Waals surface area (Å²) in [6.07, 6.45) is 3.84. The Labute approximate surface area is 173 Å². The number of anilines is 1. The van der Waals surface area contributed by atoms with Gasteiger partial charge in [0.2, 0.25) is 11.8 Å². The zero-order chi connectivity index (χ0) is 21.7. The first-order valence-corrected chi connectivity index (χ1v) is 9.64. The molecule has 1 aromatic heterocycles. The van der Waals surface area contributed by atoms with Crippen LogP contribution in [0.5, 0.6) is 0 Å². The number of nitrogens with two attached hydrogens (primary N) is 1. The number of nitrogens with zero attached hydrogens (tertiary/aromatic N) is 1. The Morgan fingerprint density at radius 1 is 1.30 bits per heavy atom. The lowest BCUT2D eigenvalue weighted by Crippen LogP contribution is -2.43. The van der Waals surface area contributed by atoms with E-state index in [1.807, 2.05) is 0 Å². The summed E-state index contributed by atoms with van der Waals surface area (Å²) in [7, 11) is 0. The molecule has 0 radical (unpaired) electrons. The molecule has 0 saturated carbocycles. The first kappa shape index (κ1) is 21.1. The summed E-state index contributed by atoms with van der Waals surface area (Å²) in [5.41, 5.74) is 7.29. The van der Waals surface area contributed by atoms with Crippen LogP contribution in [0.3, 0.4) is 0 Å². The molecule has 9 heteroatoms. The molecule has 9 nitrogen and oxygen atoms in total. The predicted octanol–water partition coefficient (Wildman–Crippen LogP) is 2.03. The minimum Gasteiger partial charge on any atom is -0.481 e. The fourth-order valence-corrected chi connectivity index (χ4v) is 3.59. The van der Waals surface area contributed by atoms with Gasteiger partial charge in [-0.1, -0.05) is 0 Å². The Morgan fingerprint density at radius 2 is 2.03 bits per heavy atom. The highest BCUT2D eigenvalue weighted by Crippen LogP contribution is 2.27. The summed E-state index contributed by atoms with van der Waals surface area (Å²) < 4.78 is 4.99. The van der Waals surface area contributed by atoms with Gasteiger partial charge < -0.3 is 25.5 Å². The highest BCUT2D eigenvalue weighted by atomic mass is 16.4. The normalized spacial score (nSPS) is 17.4. The summed E-state index contributed by atoms with van der Waals surface area (Å²) in [5, 5.41) is 19.3. The summed E-state index contributed by atoms with van der Waals surface area (Å²) in [6.45, 7) is 0.549. The van der Waals surface area contributed by atoms with Crippen molar-refractivity contribution >= 4 is 29.3 Å². The molecule has 0 bridgehead atoms. The number of piperidine rings is 1. The van der Waals surface area contributed by atoms with Crippen LogP contribution in [-0.2, 0) is 14.4 Å². The van der Waals surface area contributed by atoms with Crippen molar-refractivity contribution in [3.05, 3.63) is 54.0 Å². The molecule has 30 heavy (non-hydrogen) atoms. The van der Waals surface area contributed by atoms with Gasteiger partial charge in [0.25, 0.3) is 0 Å². The number of nitrogen functional groups attached to an aromatic ring is 1. The molecule has 158 valence electrons. The van der Waals surface area contributed by atoms with Crippen molar-refractivity contribution in [2.75, 3.05) is 11.4 Å². The number of benzene rings is 1. The van der Waals surface area contributed by atoms with Crippen LogP contribution in [0.15, 0.2) is 47.3 Å². The Bertz CT molecular complexity index is 923. The lowest BCUT2D eigenvalue weighted by Gasteiger charge is -2.32. The van der Waals surface area contributed by atoms with E-state index in [1.54, 1.807) is 35.2 Å². The van der Waals surface area contributed by atoms with Crippen molar-refractivity contribution < 1.29 is 23.9 Å². The van der Waals surface area contributed by atoms with Gasteiger partial charge in [0.1, 0.15) is 5.84 Å². The van der Waals surface area contributed by atoms with Crippen molar-refractivity contribution in [3.63, 3.8) is 0 Å². The van der Waals surface area contributed by atoms with E-state index in [9.17, 15) is 14.4 Å². The third kappa shape index (κ3) is 5.05. The number of carbonyl (C=O) groups excluding carboxylic acids is 2. The molecule has 1 unspecified atom stereocenters. The number of nitrogens with one attached hydrogen (secondary N) is 2. The van der Waals surface area contributed by atoms with E-state index < -0.39 is 17.9 Å². The average molecular weight is 412 g/mol. The second-order valence-electron chi connectivity index (χ2n) is 7.27. The van der Waals surface area contributed by atoms with Gasteiger partial charge >= 0.3 is 5.97 Å². The minimum absolute atomic E-state index is 0.0190. The van der Waals surface area contributed by atoms with E-state index in [1.165, 1.54) is 12.5 Å². The molecule has 3 rings (SSSR count). The highest BCUT2D eigenvalue weighted by Gasteiger charge is 2.32. The van der Waals surface area contributed by atoms with E-state index in [2.05, 4.69) is 5.32 Å². The largest absolute Gasteiger partial charge is 0.481 e. The SMILES string of the molecule is N=C(N)c1ccc(N2CCCC(CC(=O)N[C@@H](CC(=O)O)c3ccoc3)C2=O)cc1. The lowest BCUT2D eigenvalue weighted by molar-refractivity contribution is -0.138. The first-order chi connectivity index (χ1) is 14.3. The van der Waals surface area contributed by atoms with E-state index in [0.29, 0.717) is 29.8 Å². The maximum Gasteiger partial charge on any atom is 0.305 e. The Kier molecular flexibility index (Phi) is 6.51. The molecule has 2 atom stereocenters. The molecular formula is C21H24N4O5. The Hall–Kier alpha value is -3.62. The summed E-state index contributed by atoms with van der Waals surface area (Å²) in [5.74, 6) is -2.11. The number of carboxylic acids is 1. The smallest absolute Gasteiger partial charge is 0.305 e. The number of amides is 2. The van der Waals surface area contributed by atoms with Crippen LogP contribution in [0.1, 0.15) is 42.9 Å². The van der Waals surface area contributed by atoms with Crippen molar-refractivity contribution in [2.45, 2.75) is 31.7 Å². The van der Waals surface area contributed by atoms with Gasteiger partial charge in [-0.15, -0.1) is 0 Å². The molecule has 2 heterocycles. The van der Waals surface area contributed by atoms with E-state index in [-0.39, 0.29) is 30.5 Å². The zero-order valence-corrected chi connectivity index (χ0v) is 16.3. The van der Waals surface area contributed by atoms with Crippen LogP contribution in [0, 0.1) is 11.3 Å². The number of carbonyl (C=O) groups is 3. The Balaban J connectivity index is 1.65. The fraction of sp³-hybridized carbons (Fsp3) is 0.333. The number of hydrogen-bond acceptors (Lipinski definition) is 5. The molecule has 1 saturated heterocycles. The molecule has 2 aromatic rings. The molecule has 0 spiro atoms. The van der Waals surface area contributed by atoms with Gasteiger partial charge in [0.15, 0.2) is 0 Å². The molecule has 1 aliphatic heterocycles. The lowest BCUT2D eigenvalue weighted by atomic mass is 9.92. The van der Waals surface area contributed by atoms with Gasteiger partial charge in [-0.2, -0.15) is 0 Å².